The van der Waals surface area contributed by atoms with E-state index in [0.29, 0.717) is 29.7 Å². The highest BCUT2D eigenvalue weighted by molar-refractivity contribution is 5.92. The molecule has 5 rings (SSSR count). The molecule has 118 valence electrons. The summed E-state index contributed by atoms with van der Waals surface area (Å²) < 4.78 is 1.64. The molecule has 4 aromatic rings. The zero-order valence-electron chi connectivity index (χ0n) is 12.6. The van der Waals surface area contributed by atoms with E-state index in [-0.39, 0.29) is 17.1 Å². The van der Waals surface area contributed by atoms with Gasteiger partial charge in [-0.3, -0.25) is 9.36 Å². The van der Waals surface area contributed by atoms with Crippen molar-refractivity contribution >= 4 is 21.8 Å². The highest BCUT2D eigenvalue weighted by Crippen LogP contribution is 2.35. The number of phenols is 2. The van der Waals surface area contributed by atoms with Gasteiger partial charge in [0.2, 0.25) is 0 Å². The second-order valence-corrected chi connectivity index (χ2v) is 6.05. The molecule has 6 nitrogen and oxygen atoms in total. The van der Waals surface area contributed by atoms with Gasteiger partial charge in [0.25, 0.3) is 5.56 Å². The molecule has 0 bridgehead atoms. The third-order valence-corrected chi connectivity index (χ3v) is 4.64. The standard InChI is InChI=1S/C18H13N3O3/c22-9-1-3-14-12(7-9)11-5-6-21-17(16(11)19-14)20-15-4-2-10(23)8-13(15)18(21)24/h1-4,7-8,19,22-23H,5-6H2. The molecule has 2 aromatic heterocycles. The van der Waals surface area contributed by atoms with Crippen molar-refractivity contribution in [2.45, 2.75) is 13.0 Å². The number of aromatic amines is 1. The number of aryl methyl sites for hydroxylation is 1. The second kappa shape index (κ2) is 4.38. The van der Waals surface area contributed by atoms with Gasteiger partial charge in [0.05, 0.1) is 16.6 Å². The van der Waals surface area contributed by atoms with Crippen LogP contribution in [0.5, 0.6) is 11.5 Å². The van der Waals surface area contributed by atoms with Crippen molar-refractivity contribution in [2.75, 3.05) is 0 Å². The number of nitrogens with zero attached hydrogens (tertiary/aromatic N) is 2. The lowest BCUT2D eigenvalue weighted by Gasteiger charge is -2.18. The third-order valence-electron chi connectivity index (χ3n) is 4.64. The smallest absolute Gasteiger partial charge is 0.261 e. The lowest BCUT2D eigenvalue weighted by atomic mass is 10.0. The number of aromatic hydroxyl groups is 2. The highest BCUT2D eigenvalue weighted by atomic mass is 16.3. The fourth-order valence-electron chi connectivity index (χ4n) is 3.52. The van der Waals surface area contributed by atoms with E-state index in [0.717, 1.165) is 22.2 Å². The first-order chi connectivity index (χ1) is 11.6. The van der Waals surface area contributed by atoms with Crippen LogP contribution in [0.1, 0.15) is 5.56 Å². The van der Waals surface area contributed by atoms with Crippen LogP contribution >= 0.6 is 0 Å². The SMILES string of the molecule is O=c1c2cc(O)ccc2nc2n1CCc1c-2[nH]c2ccc(O)cc12. The highest BCUT2D eigenvalue weighted by Gasteiger charge is 2.24. The minimum Gasteiger partial charge on any atom is -0.508 e. The van der Waals surface area contributed by atoms with Crippen LogP contribution in [0.4, 0.5) is 0 Å². The van der Waals surface area contributed by atoms with Gasteiger partial charge in [-0.1, -0.05) is 0 Å². The summed E-state index contributed by atoms with van der Waals surface area (Å²) in [6.45, 7) is 0.516. The molecule has 0 radical (unpaired) electrons. The first kappa shape index (κ1) is 13.2. The maximum Gasteiger partial charge on any atom is 0.261 e. The molecule has 2 aromatic carbocycles. The molecular formula is C18H13N3O3. The Kier molecular flexibility index (Phi) is 2.41. The first-order valence-corrected chi connectivity index (χ1v) is 7.69. The number of benzene rings is 2. The predicted molar refractivity (Wildman–Crippen MR) is 90.3 cm³/mol. The Morgan fingerprint density at radius 3 is 2.62 bits per heavy atom. The van der Waals surface area contributed by atoms with Crippen molar-refractivity contribution in [3.63, 3.8) is 0 Å². The second-order valence-electron chi connectivity index (χ2n) is 6.05. The van der Waals surface area contributed by atoms with Crippen molar-refractivity contribution in [3.8, 4) is 23.0 Å². The van der Waals surface area contributed by atoms with Gasteiger partial charge in [-0.15, -0.1) is 0 Å². The number of aromatic nitrogens is 3. The van der Waals surface area contributed by atoms with E-state index in [2.05, 4.69) is 9.97 Å². The van der Waals surface area contributed by atoms with Crippen molar-refractivity contribution in [2.24, 2.45) is 0 Å². The largest absolute Gasteiger partial charge is 0.508 e. The van der Waals surface area contributed by atoms with E-state index >= 15 is 0 Å². The van der Waals surface area contributed by atoms with Crippen molar-refractivity contribution < 1.29 is 10.2 Å². The average molecular weight is 319 g/mol. The maximum absolute atomic E-state index is 12.8. The monoisotopic (exact) mass is 319 g/mol. The molecule has 24 heavy (non-hydrogen) atoms. The number of fused-ring (bicyclic) bond motifs is 6. The number of hydrogen-bond donors (Lipinski definition) is 3. The van der Waals surface area contributed by atoms with Gasteiger partial charge in [-0.2, -0.15) is 0 Å². The van der Waals surface area contributed by atoms with E-state index < -0.39 is 0 Å². The molecular weight excluding hydrogens is 306 g/mol. The summed E-state index contributed by atoms with van der Waals surface area (Å²) in [5, 5.41) is 20.7. The molecule has 0 atom stereocenters. The Labute approximate surface area is 135 Å². The molecule has 3 N–H and O–H groups in total. The van der Waals surface area contributed by atoms with Gasteiger partial charge in [-0.25, -0.2) is 4.98 Å². The Bertz CT molecular complexity index is 1200. The molecule has 6 heteroatoms. The van der Waals surface area contributed by atoms with E-state index in [1.807, 2.05) is 6.07 Å². The van der Waals surface area contributed by atoms with Crippen LogP contribution < -0.4 is 5.56 Å². The van der Waals surface area contributed by atoms with Crippen molar-refractivity contribution in [1.82, 2.24) is 14.5 Å². The quantitative estimate of drug-likeness (QED) is 0.464. The van der Waals surface area contributed by atoms with Crippen molar-refractivity contribution in [3.05, 3.63) is 52.3 Å². The summed E-state index contributed by atoms with van der Waals surface area (Å²) in [5.74, 6) is 0.865. The Hall–Kier alpha value is -3.28. The van der Waals surface area contributed by atoms with Crippen LogP contribution in [0.2, 0.25) is 0 Å². The minimum absolute atomic E-state index is 0.0551. The van der Waals surface area contributed by atoms with Crippen LogP contribution in [0.15, 0.2) is 41.2 Å². The zero-order chi connectivity index (χ0) is 16.4. The molecule has 1 aliphatic heterocycles. The maximum atomic E-state index is 12.8. The molecule has 0 unspecified atom stereocenters. The summed E-state index contributed by atoms with van der Waals surface area (Å²) in [6.07, 6.45) is 0.678. The molecule has 1 aliphatic rings. The van der Waals surface area contributed by atoms with Gasteiger partial charge >= 0.3 is 0 Å². The normalized spacial score (nSPS) is 13.2. The molecule has 0 saturated heterocycles. The van der Waals surface area contributed by atoms with Gasteiger partial charge in [0.1, 0.15) is 11.5 Å². The third kappa shape index (κ3) is 1.65. The van der Waals surface area contributed by atoms with Crippen LogP contribution in [0.25, 0.3) is 33.3 Å². The Balaban J connectivity index is 1.88. The van der Waals surface area contributed by atoms with E-state index in [4.69, 9.17) is 0 Å². The molecule has 0 aliphatic carbocycles. The van der Waals surface area contributed by atoms with Crippen LogP contribution in [0, 0.1) is 0 Å². The summed E-state index contributed by atoms with van der Waals surface area (Å²) in [6, 6.07) is 9.82. The predicted octanol–water partition coefficient (Wildman–Crippen LogP) is 2.51. The molecule has 0 fully saturated rings. The molecule has 0 saturated carbocycles. The lowest BCUT2D eigenvalue weighted by molar-refractivity contribution is 0.475. The minimum atomic E-state index is -0.155. The number of H-pyrrole nitrogens is 1. The Morgan fingerprint density at radius 1 is 1.04 bits per heavy atom. The van der Waals surface area contributed by atoms with E-state index in [1.165, 1.54) is 12.1 Å². The summed E-state index contributed by atoms with van der Waals surface area (Å²) in [4.78, 5) is 20.7. The zero-order valence-corrected chi connectivity index (χ0v) is 12.6. The van der Waals surface area contributed by atoms with E-state index in [9.17, 15) is 15.0 Å². The van der Waals surface area contributed by atoms with Crippen LogP contribution in [0.3, 0.4) is 0 Å². The van der Waals surface area contributed by atoms with Crippen LogP contribution in [-0.2, 0) is 13.0 Å². The summed E-state index contributed by atoms with van der Waals surface area (Å²) in [5.41, 5.74) is 3.18. The van der Waals surface area contributed by atoms with Gasteiger partial charge in [0, 0.05) is 17.4 Å². The molecule has 0 amide bonds. The van der Waals surface area contributed by atoms with Gasteiger partial charge in [-0.05, 0) is 48.4 Å². The molecule has 3 heterocycles. The number of phenolic OH excluding ortho intramolecular Hbond substituents is 2. The topological polar surface area (TPSA) is 91.1 Å². The molecule has 0 spiro atoms. The fourth-order valence-corrected chi connectivity index (χ4v) is 3.52. The summed E-state index contributed by atoms with van der Waals surface area (Å²) >= 11 is 0. The van der Waals surface area contributed by atoms with Crippen LogP contribution in [-0.4, -0.2) is 24.7 Å². The Morgan fingerprint density at radius 2 is 1.79 bits per heavy atom. The number of nitrogens with one attached hydrogen (secondary N) is 1. The number of rotatable bonds is 0. The van der Waals surface area contributed by atoms with Gasteiger partial charge < -0.3 is 15.2 Å². The first-order valence-electron chi connectivity index (χ1n) is 7.69. The fraction of sp³-hybridized carbons (Fsp3) is 0.111. The average Bonchev–Trinajstić information content (AvgIpc) is 2.94. The summed E-state index contributed by atoms with van der Waals surface area (Å²) in [7, 11) is 0. The van der Waals surface area contributed by atoms with Gasteiger partial charge in [0.15, 0.2) is 5.82 Å². The number of hydrogen-bond acceptors (Lipinski definition) is 4. The van der Waals surface area contributed by atoms with Crippen molar-refractivity contribution in [1.29, 1.82) is 0 Å². The van der Waals surface area contributed by atoms with E-state index in [1.54, 1.807) is 22.8 Å². The lowest BCUT2D eigenvalue weighted by Crippen LogP contribution is -2.27.